The molecule has 1 saturated heterocycles. The van der Waals surface area contributed by atoms with Crippen LogP contribution in [-0.2, 0) is 17.8 Å². The summed E-state index contributed by atoms with van der Waals surface area (Å²) in [5.41, 5.74) is 13.5. The van der Waals surface area contributed by atoms with Gasteiger partial charge in [0.05, 0.1) is 23.9 Å². The van der Waals surface area contributed by atoms with Crippen LogP contribution in [0.3, 0.4) is 0 Å². The average molecular weight is 701 g/mol. The highest BCUT2D eigenvalue weighted by atomic mass is 16.6. The molecular weight excluding hydrogens is 656 g/mol. The number of hydrogen-bond acceptors (Lipinski definition) is 6. The third-order valence-corrected chi connectivity index (χ3v) is 12.3. The van der Waals surface area contributed by atoms with E-state index in [9.17, 15) is 14.4 Å². The highest BCUT2D eigenvalue weighted by Crippen LogP contribution is 2.57. The first kappa shape index (κ1) is 32.6. The Morgan fingerprint density at radius 3 is 2.56 bits per heavy atom. The number of primary amides is 1. The van der Waals surface area contributed by atoms with Crippen LogP contribution in [0.2, 0.25) is 0 Å². The van der Waals surface area contributed by atoms with Crippen LogP contribution in [0.4, 0.5) is 4.79 Å². The highest BCUT2D eigenvalue weighted by Gasteiger charge is 2.66. The van der Waals surface area contributed by atoms with Gasteiger partial charge in [-0.05, 0) is 84.9 Å². The molecule has 2 unspecified atom stereocenters. The third-order valence-electron chi connectivity index (χ3n) is 12.3. The van der Waals surface area contributed by atoms with Gasteiger partial charge >= 0.3 is 6.09 Å². The number of nitrogens with two attached hydrogens (primary N) is 1. The van der Waals surface area contributed by atoms with Crippen molar-refractivity contribution in [3.63, 3.8) is 0 Å². The van der Waals surface area contributed by atoms with Crippen molar-refractivity contribution in [3.8, 4) is 28.3 Å². The van der Waals surface area contributed by atoms with Gasteiger partial charge in [-0.3, -0.25) is 9.59 Å². The minimum atomic E-state index is -0.810. The summed E-state index contributed by atoms with van der Waals surface area (Å²) in [7, 11) is 1.62. The van der Waals surface area contributed by atoms with Crippen LogP contribution < -0.4 is 15.8 Å². The molecule has 3 atom stereocenters. The SMILES string of the molecule is COc1cc(C(=O)N2CC3CCC2(C(C)(C)C)[C@@H]3OC(N)=O)cn2nc(-c3cc4ccc(-c5ccc6c(c5)C(=O)NC6)cc4n3CC3CC3)c(C)c12. The van der Waals surface area contributed by atoms with E-state index in [1.807, 2.05) is 23.1 Å². The number of pyridine rings is 1. The van der Waals surface area contributed by atoms with Crippen molar-refractivity contribution in [1.82, 2.24) is 24.4 Å². The molecule has 5 heterocycles. The maximum atomic E-state index is 14.6. The third kappa shape index (κ3) is 4.77. The van der Waals surface area contributed by atoms with Gasteiger partial charge in [0.1, 0.15) is 23.1 Å². The Balaban J connectivity index is 1.13. The number of nitrogens with zero attached hydrogens (tertiary/aromatic N) is 4. The molecule has 3 amide bonds. The summed E-state index contributed by atoms with van der Waals surface area (Å²) in [5, 5.41) is 9.19. The van der Waals surface area contributed by atoms with Crippen molar-refractivity contribution in [1.29, 1.82) is 0 Å². The van der Waals surface area contributed by atoms with Gasteiger partial charge < -0.3 is 30.0 Å². The number of carbonyl (C=O) groups excluding carboxylic acids is 3. The van der Waals surface area contributed by atoms with E-state index in [1.165, 1.54) is 12.8 Å². The summed E-state index contributed by atoms with van der Waals surface area (Å²) in [4.78, 5) is 40.9. The molecule has 3 fully saturated rings. The number of nitrogens with one attached hydrogen (secondary N) is 1. The maximum Gasteiger partial charge on any atom is 0.404 e. The fourth-order valence-corrected chi connectivity index (χ4v) is 9.49. The number of amides is 3. The van der Waals surface area contributed by atoms with Gasteiger partial charge in [0.15, 0.2) is 0 Å². The second-order valence-electron chi connectivity index (χ2n) is 16.2. The van der Waals surface area contributed by atoms with E-state index in [2.05, 4.69) is 67.9 Å². The fourth-order valence-electron chi connectivity index (χ4n) is 9.49. The molecule has 5 aromatic rings. The van der Waals surface area contributed by atoms with Crippen LogP contribution in [0.25, 0.3) is 38.9 Å². The first-order chi connectivity index (χ1) is 24.9. The van der Waals surface area contributed by atoms with E-state index < -0.39 is 17.7 Å². The molecule has 4 aliphatic rings. The molecule has 3 aromatic heterocycles. The van der Waals surface area contributed by atoms with Crippen molar-refractivity contribution >= 4 is 34.3 Å². The lowest BCUT2D eigenvalue weighted by Crippen LogP contribution is -2.60. The zero-order valence-corrected chi connectivity index (χ0v) is 30.3. The molecule has 3 N–H and O–H groups in total. The number of aromatic nitrogens is 3. The number of piperidine rings is 1. The van der Waals surface area contributed by atoms with E-state index in [0.717, 1.165) is 75.0 Å². The van der Waals surface area contributed by atoms with Crippen molar-refractivity contribution < 1.29 is 23.9 Å². The van der Waals surface area contributed by atoms with Gasteiger partial charge in [-0.25, -0.2) is 9.31 Å². The number of rotatable bonds is 7. The van der Waals surface area contributed by atoms with Gasteiger partial charge in [0.25, 0.3) is 11.8 Å². The zero-order valence-electron chi connectivity index (χ0n) is 30.3. The summed E-state index contributed by atoms with van der Waals surface area (Å²) in [5.74, 6) is 1.02. The van der Waals surface area contributed by atoms with Crippen LogP contribution in [0.15, 0.2) is 54.7 Å². The molecule has 2 aliphatic carbocycles. The van der Waals surface area contributed by atoms with E-state index in [0.29, 0.717) is 30.3 Å². The van der Waals surface area contributed by atoms with Crippen molar-refractivity contribution in [2.24, 2.45) is 23.0 Å². The summed E-state index contributed by atoms with van der Waals surface area (Å²) in [6, 6.07) is 16.6. The average Bonchev–Trinajstić information content (AvgIpc) is 3.33. The molecular formula is C41H44N6O5. The highest BCUT2D eigenvalue weighted by molar-refractivity contribution is 6.00. The van der Waals surface area contributed by atoms with E-state index in [4.69, 9.17) is 20.3 Å². The number of ether oxygens (including phenoxy) is 2. The van der Waals surface area contributed by atoms with Crippen molar-refractivity contribution in [3.05, 3.63) is 77.0 Å². The lowest BCUT2D eigenvalue weighted by molar-refractivity contribution is -0.0359. The molecule has 2 bridgehead atoms. The van der Waals surface area contributed by atoms with Crippen molar-refractivity contribution in [2.45, 2.75) is 78.1 Å². The number of fused-ring (bicyclic) bond motifs is 5. The van der Waals surface area contributed by atoms with Crippen LogP contribution >= 0.6 is 0 Å². The minimum Gasteiger partial charge on any atom is -0.494 e. The van der Waals surface area contributed by atoms with Crippen LogP contribution in [0.1, 0.15) is 78.3 Å². The molecule has 9 rings (SSSR count). The predicted octanol–water partition coefficient (Wildman–Crippen LogP) is 6.71. The van der Waals surface area contributed by atoms with Gasteiger partial charge in [-0.1, -0.05) is 45.0 Å². The largest absolute Gasteiger partial charge is 0.494 e. The first-order valence-corrected chi connectivity index (χ1v) is 18.3. The Labute approximate surface area is 302 Å². The summed E-state index contributed by atoms with van der Waals surface area (Å²) in [6.45, 7) is 10.3. The molecule has 52 heavy (non-hydrogen) atoms. The van der Waals surface area contributed by atoms with Crippen LogP contribution in [0, 0.1) is 24.2 Å². The molecule has 0 spiro atoms. The second-order valence-corrected chi connectivity index (χ2v) is 16.2. The maximum absolute atomic E-state index is 14.6. The van der Waals surface area contributed by atoms with Gasteiger partial charge in [-0.15, -0.1) is 0 Å². The molecule has 2 saturated carbocycles. The standard InChI is InChI=1S/C41H44N6O5/c1-22-34(32-16-26-10-8-25(15-31(26)45(32)19-23-6-7-23)24-9-11-27-18-43-37(48)30(27)14-24)44-47-21-29(17-33(51-5)35(22)47)38(49)46-20-28-12-13-41(46,40(2,3)4)36(28)52-39(42)50/h8-11,14-17,21,23,28,36H,6-7,12-13,18-20H2,1-5H3,(H2,42,50)(H,43,48)/t28?,36-,41?/m1/s1. The van der Waals surface area contributed by atoms with E-state index in [-0.39, 0.29) is 23.1 Å². The Morgan fingerprint density at radius 1 is 1.06 bits per heavy atom. The summed E-state index contributed by atoms with van der Waals surface area (Å²) >= 11 is 0. The zero-order chi connectivity index (χ0) is 36.3. The predicted molar refractivity (Wildman–Crippen MR) is 197 cm³/mol. The molecule has 11 heteroatoms. The Kier molecular flexibility index (Phi) is 7.10. The van der Waals surface area contributed by atoms with E-state index in [1.54, 1.807) is 17.8 Å². The normalized spacial score (nSPS) is 22.3. The second kappa shape index (κ2) is 11.3. The van der Waals surface area contributed by atoms with Crippen LogP contribution in [0.5, 0.6) is 5.75 Å². The van der Waals surface area contributed by atoms with Gasteiger partial charge in [0.2, 0.25) is 0 Å². The number of aryl methyl sites for hydroxylation is 1. The van der Waals surface area contributed by atoms with Crippen molar-refractivity contribution in [2.75, 3.05) is 13.7 Å². The Morgan fingerprint density at radius 2 is 1.83 bits per heavy atom. The van der Waals surface area contributed by atoms with E-state index >= 15 is 0 Å². The smallest absolute Gasteiger partial charge is 0.404 e. The molecule has 2 aliphatic heterocycles. The Hall–Kier alpha value is -5.32. The van der Waals surface area contributed by atoms with Crippen LogP contribution in [-0.4, -0.2) is 62.3 Å². The monoisotopic (exact) mass is 700 g/mol. The lowest BCUT2D eigenvalue weighted by atomic mass is 9.70. The molecule has 268 valence electrons. The number of likely N-dealkylation sites (tertiary alicyclic amines) is 1. The lowest BCUT2D eigenvalue weighted by Gasteiger charge is -2.49. The summed E-state index contributed by atoms with van der Waals surface area (Å²) < 4.78 is 15.9. The quantitative estimate of drug-likeness (QED) is 0.194. The molecule has 11 nitrogen and oxygen atoms in total. The number of hydrogen-bond donors (Lipinski definition) is 2. The minimum absolute atomic E-state index is 0.0240. The first-order valence-electron chi connectivity index (χ1n) is 18.3. The summed E-state index contributed by atoms with van der Waals surface area (Å²) in [6.07, 6.45) is 4.51. The van der Waals surface area contributed by atoms with Gasteiger partial charge in [-0.2, -0.15) is 5.10 Å². The number of benzene rings is 2. The molecule has 2 aromatic carbocycles. The topological polar surface area (TPSA) is 133 Å². The number of methoxy groups -OCH3 is 1. The number of carbonyl (C=O) groups is 3. The van der Waals surface area contributed by atoms with Gasteiger partial charge in [0, 0.05) is 53.8 Å². The fraction of sp³-hybridized carbons (Fsp3) is 0.415. The Bertz CT molecular complexity index is 2350. The molecule has 0 radical (unpaired) electrons.